The maximum absolute atomic E-state index is 6.63. The molecule has 55 heavy (non-hydrogen) atoms. The maximum atomic E-state index is 6.63. The molecule has 0 aliphatic heterocycles. The van der Waals surface area contributed by atoms with Crippen molar-refractivity contribution in [2.24, 2.45) is 0 Å². The van der Waals surface area contributed by atoms with Gasteiger partial charge in [-0.25, -0.2) is 15.0 Å². The Balaban J connectivity index is 1.14. The lowest BCUT2D eigenvalue weighted by molar-refractivity contribution is 0.669. The van der Waals surface area contributed by atoms with Gasteiger partial charge < -0.3 is 4.42 Å². The fourth-order valence-electron chi connectivity index (χ4n) is 7.43. The van der Waals surface area contributed by atoms with E-state index in [0.717, 1.165) is 33.0 Å². The zero-order chi connectivity index (χ0) is 37.4. The van der Waals surface area contributed by atoms with Crippen LogP contribution in [0.4, 0.5) is 0 Å². The summed E-state index contributed by atoms with van der Waals surface area (Å²) < 4.78 is 9.17. The Bertz CT molecular complexity index is 3150. The molecule has 244 valence electrons. The summed E-state index contributed by atoms with van der Waals surface area (Å²) in [4.78, 5) is 15.0. The first kappa shape index (κ1) is 33.5. The minimum Gasteiger partial charge on any atom is -0.455 e. The first-order valence-electron chi connectivity index (χ1n) is 17.6. The van der Waals surface area contributed by atoms with Crippen molar-refractivity contribution in [1.82, 2.24) is 15.0 Å². The quantitative estimate of drug-likeness (QED) is 0.194. The van der Waals surface area contributed by atoms with Crippen LogP contribution in [0.15, 0.2) is 138 Å². The number of para-hydroxylation sites is 1. The number of aromatic nitrogens is 3. The molecular weight excluding hydrogens is 685 g/mol. The van der Waals surface area contributed by atoms with E-state index >= 15 is 0 Å². The summed E-state index contributed by atoms with van der Waals surface area (Å²) in [7, 11) is 31.4. The maximum Gasteiger partial charge on any atom is 0.167 e. The molecule has 3 aromatic heterocycles. The normalized spacial score (nSPS) is 11.6. The predicted molar refractivity (Wildman–Crippen MR) is 234 cm³/mol. The van der Waals surface area contributed by atoms with Gasteiger partial charge in [-0.3, -0.25) is 0 Å². The number of nitrogens with zero attached hydrogens (tertiary/aromatic N) is 3. The molecule has 0 atom stereocenters. The number of thiophene rings is 1. The molecule has 0 bridgehead atoms. The Morgan fingerprint density at radius 1 is 0.418 bits per heavy atom. The molecule has 10 heteroatoms. The highest BCUT2D eigenvalue weighted by atomic mass is 32.1. The molecule has 7 aromatic carbocycles. The number of fused-ring (bicyclic) bond motifs is 6. The van der Waals surface area contributed by atoms with Gasteiger partial charge in [0.2, 0.25) is 0 Å². The van der Waals surface area contributed by atoms with Crippen LogP contribution in [0.2, 0.25) is 0 Å². The topological polar surface area (TPSA) is 51.8 Å². The molecular formula is C45H22B5N3OS. The van der Waals surface area contributed by atoms with E-state index in [1.807, 2.05) is 78.1 Å². The molecule has 10 rings (SSSR count). The third-order valence-electron chi connectivity index (χ3n) is 10.2. The van der Waals surface area contributed by atoms with Gasteiger partial charge in [0.05, 0.1) is 5.56 Å². The molecule has 4 nitrogen and oxygen atoms in total. The number of furan rings is 1. The molecule has 0 N–H and O–H groups in total. The van der Waals surface area contributed by atoms with Crippen molar-refractivity contribution >= 4 is 120 Å². The Labute approximate surface area is 327 Å². The lowest BCUT2D eigenvalue weighted by atomic mass is 9.59. The van der Waals surface area contributed by atoms with Crippen molar-refractivity contribution in [2.45, 2.75) is 0 Å². The summed E-state index contributed by atoms with van der Waals surface area (Å²) in [6.45, 7) is 0. The van der Waals surface area contributed by atoms with Crippen molar-refractivity contribution < 1.29 is 4.42 Å². The van der Waals surface area contributed by atoms with Crippen LogP contribution < -0.4 is 27.3 Å². The van der Waals surface area contributed by atoms with Crippen molar-refractivity contribution in [3.8, 4) is 56.4 Å². The average Bonchev–Trinajstić information content (AvgIpc) is 3.81. The number of hydrogen-bond donors (Lipinski definition) is 0. The Morgan fingerprint density at radius 3 is 1.82 bits per heavy atom. The van der Waals surface area contributed by atoms with Crippen LogP contribution >= 0.6 is 11.3 Å². The molecule has 0 aliphatic rings. The van der Waals surface area contributed by atoms with Crippen LogP contribution in [0.3, 0.4) is 0 Å². The summed E-state index contributed by atoms with van der Waals surface area (Å²) in [5.41, 5.74) is 8.29. The first-order valence-corrected chi connectivity index (χ1v) is 18.5. The van der Waals surface area contributed by atoms with E-state index in [9.17, 15) is 0 Å². The summed E-state index contributed by atoms with van der Waals surface area (Å²) in [6, 6.07) is 45.0. The van der Waals surface area contributed by atoms with E-state index in [-0.39, 0.29) is 27.3 Å². The Kier molecular flexibility index (Phi) is 7.93. The van der Waals surface area contributed by atoms with Crippen LogP contribution in [-0.2, 0) is 0 Å². The Morgan fingerprint density at radius 2 is 1.02 bits per heavy atom. The van der Waals surface area contributed by atoms with Gasteiger partial charge in [-0.2, -0.15) is 0 Å². The van der Waals surface area contributed by atoms with Crippen molar-refractivity contribution in [3.05, 3.63) is 133 Å². The lowest BCUT2D eigenvalue weighted by Gasteiger charge is -2.21. The van der Waals surface area contributed by atoms with Crippen molar-refractivity contribution in [3.63, 3.8) is 0 Å². The highest BCUT2D eigenvalue weighted by Crippen LogP contribution is 2.42. The van der Waals surface area contributed by atoms with E-state index in [4.69, 9.17) is 58.6 Å². The highest BCUT2D eigenvalue weighted by Gasteiger charge is 2.20. The van der Waals surface area contributed by atoms with E-state index in [2.05, 4.69) is 66.7 Å². The minimum absolute atomic E-state index is 0.161. The zero-order valence-electron chi connectivity index (χ0n) is 29.2. The molecule has 0 saturated carbocycles. The third-order valence-corrected chi connectivity index (χ3v) is 11.4. The van der Waals surface area contributed by atoms with E-state index in [1.165, 1.54) is 25.7 Å². The summed E-state index contributed by atoms with van der Waals surface area (Å²) in [5, 5.41) is 4.51. The van der Waals surface area contributed by atoms with Gasteiger partial charge in [-0.15, -0.1) is 27.7 Å². The molecule has 0 aliphatic carbocycles. The van der Waals surface area contributed by atoms with Crippen LogP contribution in [0.1, 0.15) is 0 Å². The van der Waals surface area contributed by atoms with Crippen LogP contribution in [0.5, 0.6) is 0 Å². The van der Waals surface area contributed by atoms with Crippen molar-refractivity contribution in [1.29, 1.82) is 0 Å². The fraction of sp³-hybridized carbons (Fsp3) is 0. The summed E-state index contributed by atoms with van der Waals surface area (Å²) >= 11 is 1.82. The first-order chi connectivity index (χ1) is 26.8. The van der Waals surface area contributed by atoms with Crippen LogP contribution in [0.25, 0.3) is 98.5 Å². The van der Waals surface area contributed by atoms with Gasteiger partial charge in [0.15, 0.2) is 17.5 Å². The SMILES string of the molecule is [B]c1c([B])c([B])c(-c2cccc(-c3nc(-c4ccccc4)nc(-c4cccc5c4oc4ccc(-c6cccc7c6sc6ccccc67)cc45)n3)c2)c([B])c1[B]. The molecule has 0 unspecified atom stereocenters. The molecule has 0 spiro atoms. The zero-order valence-corrected chi connectivity index (χ0v) is 30.1. The van der Waals surface area contributed by atoms with Gasteiger partial charge in [0, 0.05) is 42.1 Å². The van der Waals surface area contributed by atoms with Gasteiger partial charge in [-0.1, -0.05) is 114 Å². The second-order valence-electron chi connectivity index (χ2n) is 13.5. The standard InChI is InChI=1S/C45H22B5N3OS/c46-36-35(37(47)39(49)40(50)38(36)48)25-11-6-12-26(21-25)44-51-43(23-9-2-1-3-10-23)52-45(53-44)31-17-8-15-29-32-22-24(19-20-33(32)54-41(29)31)27-14-7-16-30-28-13-4-5-18-34(28)55-42(27)30/h1-22H. The monoisotopic (exact) mass is 707 g/mol. The molecule has 10 radical (unpaired) electrons. The third kappa shape index (κ3) is 5.46. The predicted octanol–water partition coefficient (Wildman–Crippen LogP) is 6.44. The smallest absolute Gasteiger partial charge is 0.167 e. The molecule has 3 heterocycles. The molecule has 0 fully saturated rings. The van der Waals surface area contributed by atoms with Gasteiger partial charge in [0.25, 0.3) is 0 Å². The number of hydrogen-bond acceptors (Lipinski definition) is 5. The molecule has 0 amide bonds. The minimum atomic E-state index is 0.161. The molecule has 0 saturated heterocycles. The summed E-state index contributed by atoms with van der Waals surface area (Å²) in [5.74, 6) is 1.43. The van der Waals surface area contributed by atoms with E-state index in [1.54, 1.807) is 0 Å². The highest BCUT2D eigenvalue weighted by molar-refractivity contribution is 7.26. The molecule has 10 aromatic rings. The van der Waals surface area contributed by atoms with E-state index in [0.29, 0.717) is 39.7 Å². The fourth-order valence-corrected chi connectivity index (χ4v) is 8.67. The second kappa shape index (κ2) is 13.0. The van der Waals surface area contributed by atoms with Crippen molar-refractivity contribution in [2.75, 3.05) is 0 Å². The van der Waals surface area contributed by atoms with Crippen LogP contribution in [0, 0.1) is 0 Å². The summed E-state index contributed by atoms with van der Waals surface area (Å²) in [6.07, 6.45) is 0. The van der Waals surface area contributed by atoms with Gasteiger partial charge >= 0.3 is 0 Å². The number of benzene rings is 7. The van der Waals surface area contributed by atoms with Gasteiger partial charge in [0.1, 0.15) is 50.4 Å². The second-order valence-corrected chi connectivity index (χ2v) is 14.5. The van der Waals surface area contributed by atoms with Crippen LogP contribution in [-0.4, -0.2) is 54.2 Å². The average molecular weight is 707 g/mol. The van der Waals surface area contributed by atoms with E-state index < -0.39 is 0 Å². The van der Waals surface area contributed by atoms with Gasteiger partial charge in [-0.05, 0) is 52.6 Å². The Hall–Kier alpha value is -6.11. The lowest BCUT2D eigenvalue weighted by Crippen LogP contribution is -2.55. The number of rotatable bonds is 5. The largest absolute Gasteiger partial charge is 0.455 e.